The summed E-state index contributed by atoms with van der Waals surface area (Å²) in [5.74, 6) is 0.743. The molecule has 0 N–H and O–H groups in total. The first-order valence-corrected chi connectivity index (χ1v) is 9.06. The van der Waals surface area contributed by atoms with E-state index in [1.54, 1.807) is 0 Å². The van der Waals surface area contributed by atoms with Crippen LogP contribution in [0.1, 0.15) is 43.4 Å². The molecule has 120 valence electrons. The van der Waals surface area contributed by atoms with E-state index in [1.165, 1.54) is 51.8 Å². The first kappa shape index (κ1) is 14.0. The maximum atomic E-state index is 4.40. The lowest BCUT2D eigenvalue weighted by molar-refractivity contribution is 0.477. The van der Waals surface area contributed by atoms with Crippen LogP contribution >= 0.6 is 0 Å². The number of hydrogen-bond acceptors (Lipinski definition) is 1. The van der Waals surface area contributed by atoms with Crippen molar-refractivity contribution >= 4 is 22.2 Å². The van der Waals surface area contributed by atoms with Gasteiger partial charge in [-0.1, -0.05) is 24.3 Å². The fourth-order valence-electron chi connectivity index (χ4n) is 4.73. The van der Waals surface area contributed by atoms with Crippen LogP contribution in [0.25, 0.3) is 22.2 Å². The van der Waals surface area contributed by atoms with Crippen LogP contribution in [-0.4, -0.2) is 9.55 Å². The number of aromatic nitrogens is 2. The zero-order valence-corrected chi connectivity index (χ0v) is 14.0. The first-order valence-electron chi connectivity index (χ1n) is 9.06. The van der Waals surface area contributed by atoms with Gasteiger partial charge in [-0.25, -0.2) is 0 Å². The van der Waals surface area contributed by atoms with Crippen LogP contribution < -0.4 is 0 Å². The van der Waals surface area contributed by atoms with Crippen molar-refractivity contribution in [2.24, 2.45) is 5.92 Å². The number of fused-ring (bicyclic) bond motifs is 4. The summed E-state index contributed by atoms with van der Waals surface area (Å²) in [6.45, 7) is 3.94. The Labute approximate surface area is 142 Å². The molecule has 1 atom stereocenters. The van der Waals surface area contributed by atoms with Gasteiger partial charge in [0.15, 0.2) is 0 Å². The molecule has 0 bridgehead atoms. The van der Waals surface area contributed by atoms with Crippen molar-refractivity contribution in [1.29, 1.82) is 0 Å². The molecule has 2 aliphatic carbocycles. The van der Waals surface area contributed by atoms with Crippen LogP contribution in [0, 0.1) is 5.92 Å². The quantitative estimate of drug-likeness (QED) is 0.667. The molecule has 0 spiro atoms. The third-order valence-corrected chi connectivity index (χ3v) is 5.81. The molecule has 1 unspecified atom stereocenters. The van der Waals surface area contributed by atoms with E-state index in [4.69, 9.17) is 0 Å². The number of pyridine rings is 1. The fourth-order valence-corrected chi connectivity index (χ4v) is 4.73. The Balaban J connectivity index is 1.78. The minimum atomic E-state index is 0.743. The molecule has 2 heteroatoms. The van der Waals surface area contributed by atoms with Gasteiger partial charge in [-0.05, 0) is 67.2 Å². The Kier molecular flexibility index (Phi) is 3.12. The van der Waals surface area contributed by atoms with Crippen molar-refractivity contribution in [2.75, 3.05) is 0 Å². The second-order valence-electron chi connectivity index (χ2n) is 7.19. The SMILES string of the molecule is C=CCC1CCC2=C(C=CC3=CCCc4c3n2c2ccncc42)C1. The zero-order valence-electron chi connectivity index (χ0n) is 14.0. The van der Waals surface area contributed by atoms with Gasteiger partial charge in [0.25, 0.3) is 0 Å². The minimum absolute atomic E-state index is 0.743. The van der Waals surface area contributed by atoms with Crippen LogP contribution in [0.3, 0.4) is 0 Å². The van der Waals surface area contributed by atoms with Crippen LogP contribution in [0.4, 0.5) is 0 Å². The summed E-state index contributed by atoms with van der Waals surface area (Å²) in [6.07, 6.45) is 20.2. The van der Waals surface area contributed by atoms with Crippen LogP contribution in [0.15, 0.2) is 54.9 Å². The predicted octanol–water partition coefficient (Wildman–Crippen LogP) is 5.52. The van der Waals surface area contributed by atoms with Crippen molar-refractivity contribution in [2.45, 2.75) is 38.5 Å². The Morgan fingerprint density at radius 2 is 2.25 bits per heavy atom. The largest absolute Gasteiger partial charge is 0.312 e. The van der Waals surface area contributed by atoms with Crippen molar-refractivity contribution in [3.8, 4) is 0 Å². The highest BCUT2D eigenvalue weighted by Gasteiger charge is 2.29. The van der Waals surface area contributed by atoms with E-state index in [2.05, 4.69) is 52.7 Å². The van der Waals surface area contributed by atoms with Gasteiger partial charge >= 0.3 is 0 Å². The molecule has 0 amide bonds. The van der Waals surface area contributed by atoms with Crippen LogP contribution in [-0.2, 0) is 6.42 Å². The summed E-state index contributed by atoms with van der Waals surface area (Å²) in [4.78, 5) is 4.40. The zero-order chi connectivity index (χ0) is 16.1. The van der Waals surface area contributed by atoms with Crippen molar-refractivity contribution in [1.82, 2.24) is 9.55 Å². The summed E-state index contributed by atoms with van der Waals surface area (Å²) in [7, 11) is 0. The molecule has 1 aliphatic heterocycles. The summed E-state index contributed by atoms with van der Waals surface area (Å²) in [5, 5.41) is 1.34. The standard InChI is InChI=1S/C22H22N2/c1-2-4-15-7-10-20-17(13-15)9-8-16-5-3-6-18-19-14-23-12-11-21(19)24(20)22(16)18/h2,5,8-9,11-12,14-15H,1,3-4,6-7,10,13H2. The molecule has 2 aromatic heterocycles. The lowest BCUT2D eigenvalue weighted by Crippen LogP contribution is -2.13. The smallest absolute Gasteiger partial charge is 0.0567 e. The molecule has 2 aromatic rings. The average Bonchev–Trinajstić information content (AvgIpc) is 2.85. The van der Waals surface area contributed by atoms with Gasteiger partial charge < -0.3 is 4.57 Å². The summed E-state index contributed by atoms with van der Waals surface area (Å²) < 4.78 is 2.55. The van der Waals surface area contributed by atoms with Crippen LogP contribution in [0.5, 0.6) is 0 Å². The molecule has 0 aromatic carbocycles. The minimum Gasteiger partial charge on any atom is -0.312 e. The normalized spacial score (nSPS) is 22.0. The predicted molar refractivity (Wildman–Crippen MR) is 101 cm³/mol. The van der Waals surface area contributed by atoms with Crippen molar-refractivity contribution in [3.05, 3.63) is 66.2 Å². The monoisotopic (exact) mass is 314 g/mol. The average molecular weight is 314 g/mol. The van der Waals surface area contributed by atoms with E-state index in [9.17, 15) is 0 Å². The van der Waals surface area contributed by atoms with E-state index in [0.717, 1.165) is 31.6 Å². The third kappa shape index (κ3) is 1.92. The van der Waals surface area contributed by atoms with E-state index in [-0.39, 0.29) is 0 Å². The topological polar surface area (TPSA) is 17.8 Å². The highest BCUT2D eigenvalue weighted by molar-refractivity contribution is 5.96. The Morgan fingerprint density at radius 3 is 3.17 bits per heavy atom. The molecule has 3 heterocycles. The highest BCUT2D eigenvalue weighted by Crippen LogP contribution is 2.44. The van der Waals surface area contributed by atoms with Gasteiger partial charge in [0, 0.05) is 23.5 Å². The number of allylic oxidation sites excluding steroid dienone is 7. The summed E-state index contributed by atoms with van der Waals surface area (Å²) in [6, 6.07) is 2.19. The molecule has 0 saturated heterocycles. The summed E-state index contributed by atoms with van der Waals surface area (Å²) in [5.41, 5.74) is 8.66. The highest BCUT2D eigenvalue weighted by atomic mass is 15.0. The van der Waals surface area contributed by atoms with Crippen molar-refractivity contribution in [3.63, 3.8) is 0 Å². The number of rotatable bonds is 2. The molecule has 5 rings (SSSR count). The second kappa shape index (κ2) is 5.34. The molecule has 0 saturated carbocycles. The Hall–Kier alpha value is -2.35. The van der Waals surface area contributed by atoms with E-state index in [1.807, 2.05) is 6.20 Å². The molecule has 3 aliphatic rings. The van der Waals surface area contributed by atoms with Gasteiger partial charge in [0.2, 0.25) is 0 Å². The molecular formula is C22H22N2. The van der Waals surface area contributed by atoms with Gasteiger partial charge in [0.1, 0.15) is 0 Å². The van der Waals surface area contributed by atoms with Gasteiger partial charge in [0.05, 0.1) is 11.2 Å². The molecule has 24 heavy (non-hydrogen) atoms. The van der Waals surface area contributed by atoms with E-state index in [0.29, 0.717) is 0 Å². The lowest BCUT2D eigenvalue weighted by Gasteiger charge is -2.27. The van der Waals surface area contributed by atoms with E-state index < -0.39 is 0 Å². The third-order valence-electron chi connectivity index (χ3n) is 5.81. The fraction of sp³-hybridized carbons (Fsp3) is 0.318. The number of nitrogens with zero attached hydrogens (tertiary/aromatic N) is 2. The first-order chi connectivity index (χ1) is 11.9. The van der Waals surface area contributed by atoms with Gasteiger partial charge in [-0.15, -0.1) is 6.58 Å². The number of hydrogen-bond donors (Lipinski definition) is 0. The van der Waals surface area contributed by atoms with Gasteiger partial charge in [-0.3, -0.25) is 4.98 Å². The second-order valence-corrected chi connectivity index (χ2v) is 7.19. The lowest BCUT2D eigenvalue weighted by atomic mass is 9.84. The molecule has 0 radical (unpaired) electrons. The van der Waals surface area contributed by atoms with Crippen LogP contribution in [0.2, 0.25) is 0 Å². The van der Waals surface area contributed by atoms with Gasteiger partial charge in [-0.2, -0.15) is 0 Å². The summed E-state index contributed by atoms with van der Waals surface area (Å²) >= 11 is 0. The Bertz CT molecular complexity index is 936. The molecule has 0 fully saturated rings. The van der Waals surface area contributed by atoms with Crippen molar-refractivity contribution < 1.29 is 0 Å². The Morgan fingerprint density at radius 1 is 1.29 bits per heavy atom. The molecular weight excluding hydrogens is 292 g/mol. The molecule has 2 nitrogen and oxygen atoms in total. The maximum Gasteiger partial charge on any atom is 0.0567 e. The number of aryl methyl sites for hydroxylation is 1. The van der Waals surface area contributed by atoms with E-state index >= 15 is 0 Å². The maximum absolute atomic E-state index is 4.40.